The average molecular weight is 251 g/mol. The van der Waals surface area contributed by atoms with Crippen LogP contribution in [0.4, 0.5) is 0 Å². The number of hydrogen-bond donors (Lipinski definition) is 1. The number of nitriles is 1. The molecule has 0 aromatic carbocycles. The molecular formula is C15H29N3. The molecule has 0 aromatic rings. The van der Waals surface area contributed by atoms with Crippen molar-refractivity contribution in [2.75, 3.05) is 19.6 Å². The predicted molar refractivity (Wildman–Crippen MR) is 76.4 cm³/mol. The van der Waals surface area contributed by atoms with Crippen molar-refractivity contribution in [2.24, 2.45) is 0 Å². The molecule has 0 bridgehead atoms. The van der Waals surface area contributed by atoms with Crippen molar-refractivity contribution in [3.05, 3.63) is 0 Å². The first-order valence-electron chi connectivity index (χ1n) is 7.51. The van der Waals surface area contributed by atoms with Gasteiger partial charge in [0.2, 0.25) is 0 Å². The number of nitrogens with zero attached hydrogens (tertiary/aromatic N) is 2. The molecule has 3 heteroatoms. The summed E-state index contributed by atoms with van der Waals surface area (Å²) >= 11 is 0. The zero-order valence-electron chi connectivity index (χ0n) is 12.3. The maximum atomic E-state index is 9.38. The quantitative estimate of drug-likeness (QED) is 0.789. The monoisotopic (exact) mass is 251 g/mol. The standard InChI is InChI=1S/C15H29N3/c1-4-9-17-15(3,13-16)12-14(2)18-10-7-5-6-8-11-18/h14,17H,4-12H2,1-3H3. The van der Waals surface area contributed by atoms with Crippen LogP contribution in [0.15, 0.2) is 0 Å². The van der Waals surface area contributed by atoms with Crippen molar-refractivity contribution in [1.82, 2.24) is 10.2 Å². The van der Waals surface area contributed by atoms with Crippen LogP contribution in [0.25, 0.3) is 0 Å². The number of hydrogen-bond acceptors (Lipinski definition) is 3. The van der Waals surface area contributed by atoms with Gasteiger partial charge in [0.05, 0.1) is 6.07 Å². The molecule has 0 aromatic heterocycles. The van der Waals surface area contributed by atoms with Crippen molar-refractivity contribution in [2.45, 2.75) is 70.9 Å². The molecule has 18 heavy (non-hydrogen) atoms. The van der Waals surface area contributed by atoms with Crippen LogP contribution >= 0.6 is 0 Å². The van der Waals surface area contributed by atoms with Crippen molar-refractivity contribution in [3.8, 4) is 6.07 Å². The van der Waals surface area contributed by atoms with Crippen LogP contribution in [-0.4, -0.2) is 36.1 Å². The summed E-state index contributed by atoms with van der Waals surface area (Å²) in [4.78, 5) is 2.57. The van der Waals surface area contributed by atoms with E-state index in [1.807, 2.05) is 6.92 Å². The average Bonchev–Trinajstić information content (AvgIpc) is 2.65. The van der Waals surface area contributed by atoms with Crippen molar-refractivity contribution in [3.63, 3.8) is 0 Å². The minimum atomic E-state index is -0.373. The number of nitrogens with one attached hydrogen (secondary N) is 1. The highest BCUT2D eigenvalue weighted by Gasteiger charge is 2.28. The van der Waals surface area contributed by atoms with Crippen LogP contribution in [-0.2, 0) is 0 Å². The molecule has 1 aliphatic heterocycles. The molecule has 0 amide bonds. The van der Waals surface area contributed by atoms with Crippen LogP contribution in [0.1, 0.15) is 59.3 Å². The third-order valence-electron chi connectivity index (χ3n) is 3.98. The molecule has 0 aliphatic carbocycles. The zero-order valence-corrected chi connectivity index (χ0v) is 12.3. The summed E-state index contributed by atoms with van der Waals surface area (Å²) in [6.07, 6.45) is 7.37. The molecule has 0 saturated carbocycles. The molecule has 0 radical (unpaired) electrons. The summed E-state index contributed by atoms with van der Waals surface area (Å²) in [7, 11) is 0. The second kappa shape index (κ2) is 7.76. The molecule has 0 spiro atoms. The third-order valence-corrected chi connectivity index (χ3v) is 3.98. The van der Waals surface area contributed by atoms with E-state index in [0.29, 0.717) is 6.04 Å². The van der Waals surface area contributed by atoms with E-state index in [0.717, 1.165) is 19.4 Å². The predicted octanol–water partition coefficient (Wildman–Crippen LogP) is 2.92. The van der Waals surface area contributed by atoms with Gasteiger partial charge < -0.3 is 4.90 Å². The first-order chi connectivity index (χ1) is 8.61. The Balaban J connectivity index is 2.49. The fourth-order valence-corrected chi connectivity index (χ4v) is 2.81. The second-order valence-corrected chi connectivity index (χ2v) is 5.87. The fraction of sp³-hybridized carbons (Fsp3) is 0.933. The van der Waals surface area contributed by atoms with E-state index in [1.165, 1.54) is 38.8 Å². The van der Waals surface area contributed by atoms with Gasteiger partial charge in [-0.1, -0.05) is 19.8 Å². The second-order valence-electron chi connectivity index (χ2n) is 5.87. The Hall–Kier alpha value is -0.590. The molecule has 1 fully saturated rings. The Labute approximate surface area is 113 Å². The van der Waals surface area contributed by atoms with Gasteiger partial charge in [-0.3, -0.25) is 5.32 Å². The van der Waals surface area contributed by atoms with Crippen LogP contribution in [0, 0.1) is 11.3 Å². The molecule has 2 atom stereocenters. The lowest BCUT2D eigenvalue weighted by Crippen LogP contribution is -2.47. The highest BCUT2D eigenvalue weighted by atomic mass is 15.2. The molecule has 1 rings (SSSR count). The Morgan fingerprint density at radius 3 is 2.39 bits per heavy atom. The van der Waals surface area contributed by atoms with E-state index in [-0.39, 0.29) is 5.54 Å². The lowest BCUT2D eigenvalue weighted by molar-refractivity contribution is 0.182. The Morgan fingerprint density at radius 2 is 1.89 bits per heavy atom. The maximum absolute atomic E-state index is 9.38. The van der Waals surface area contributed by atoms with E-state index < -0.39 is 0 Å². The number of rotatable bonds is 6. The van der Waals surface area contributed by atoms with Gasteiger partial charge in [0.1, 0.15) is 5.54 Å². The first kappa shape index (κ1) is 15.5. The summed E-state index contributed by atoms with van der Waals surface area (Å²) in [6, 6.07) is 2.96. The molecule has 104 valence electrons. The van der Waals surface area contributed by atoms with Crippen molar-refractivity contribution >= 4 is 0 Å². The SMILES string of the molecule is CCCNC(C)(C#N)CC(C)N1CCCCCC1. The Morgan fingerprint density at radius 1 is 1.28 bits per heavy atom. The van der Waals surface area contributed by atoms with E-state index >= 15 is 0 Å². The van der Waals surface area contributed by atoms with Gasteiger partial charge in [-0.2, -0.15) is 5.26 Å². The van der Waals surface area contributed by atoms with E-state index in [2.05, 4.69) is 30.1 Å². The summed E-state index contributed by atoms with van der Waals surface area (Å²) < 4.78 is 0. The Bertz CT molecular complexity index is 263. The van der Waals surface area contributed by atoms with Crippen molar-refractivity contribution < 1.29 is 0 Å². The summed E-state index contributed by atoms with van der Waals surface area (Å²) in [5.41, 5.74) is -0.373. The van der Waals surface area contributed by atoms with Gasteiger partial charge in [0, 0.05) is 6.04 Å². The minimum absolute atomic E-state index is 0.373. The third kappa shape index (κ3) is 4.96. The Kier molecular flexibility index (Phi) is 6.67. The van der Waals surface area contributed by atoms with Crippen LogP contribution < -0.4 is 5.32 Å². The van der Waals surface area contributed by atoms with Gasteiger partial charge in [0.25, 0.3) is 0 Å². The fourth-order valence-electron chi connectivity index (χ4n) is 2.81. The normalized spacial score (nSPS) is 22.8. The van der Waals surface area contributed by atoms with E-state index in [9.17, 15) is 5.26 Å². The maximum Gasteiger partial charge on any atom is 0.105 e. The van der Waals surface area contributed by atoms with Gasteiger partial charge in [0.15, 0.2) is 0 Å². The van der Waals surface area contributed by atoms with Crippen LogP contribution in [0.3, 0.4) is 0 Å². The zero-order chi connectivity index (χ0) is 13.4. The largest absolute Gasteiger partial charge is 0.301 e. The first-order valence-corrected chi connectivity index (χ1v) is 7.51. The highest BCUT2D eigenvalue weighted by molar-refractivity contribution is 5.05. The molecule has 2 unspecified atom stereocenters. The van der Waals surface area contributed by atoms with E-state index in [1.54, 1.807) is 0 Å². The summed E-state index contributed by atoms with van der Waals surface area (Å²) in [6.45, 7) is 9.79. The van der Waals surface area contributed by atoms with Gasteiger partial charge in [-0.15, -0.1) is 0 Å². The lowest BCUT2D eigenvalue weighted by Gasteiger charge is -2.33. The minimum Gasteiger partial charge on any atom is -0.301 e. The smallest absolute Gasteiger partial charge is 0.105 e. The number of likely N-dealkylation sites (tertiary alicyclic amines) is 1. The van der Waals surface area contributed by atoms with Crippen molar-refractivity contribution in [1.29, 1.82) is 5.26 Å². The molecule has 1 aliphatic rings. The van der Waals surface area contributed by atoms with Crippen LogP contribution in [0.2, 0.25) is 0 Å². The summed E-state index contributed by atoms with van der Waals surface area (Å²) in [5.74, 6) is 0. The molecular weight excluding hydrogens is 222 g/mol. The summed E-state index contributed by atoms with van der Waals surface area (Å²) in [5, 5.41) is 12.8. The van der Waals surface area contributed by atoms with Gasteiger partial charge in [-0.05, 0) is 59.2 Å². The topological polar surface area (TPSA) is 39.1 Å². The molecule has 1 saturated heterocycles. The van der Waals surface area contributed by atoms with Gasteiger partial charge in [-0.25, -0.2) is 0 Å². The molecule has 1 heterocycles. The van der Waals surface area contributed by atoms with Crippen LogP contribution in [0.5, 0.6) is 0 Å². The highest BCUT2D eigenvalue weighted by Crippen LogP contribution is 2.19. The lowest BCUT2D eigenvalue weighted by atomic mass is 9.94. The van der Waals surface area contributed by atoms with Gasteiger partial charge >= 0.3 is 0 Å². The molecule has 1 N–H and O–H groups in total. The van der Waals surface area contributed by atoms with E-state index in [4.69, 9.17) is 0 Å². The molecule has 3 nitrogen and oxygen atoms in total.